The number of carbonyl (C=O) groups is 1. The van der Waals surface area contributed by atoms with Crippen LogP contribution in [0.2, 0.25) is 0 Å². The van der Waals surface area contributed by atoms with E-state index in [0.29, 0.717) is 23.4 Å². The Morgan fingerprint density at radius 3 is 2.70 bits per heavy atom. The SMILES string of the molecule is NC(=O)c1cccc2c1cnn2-c1nc2c(c(NCc3ccccc3)n1)CCCC2. The molecule has 5 rings (SSSR count). The molecule has 0 unspecified atom stereocenters. The van der Waals surface area contributed by atoms with Crippen LogP contribution in [0.5, 0.6) is 0 Å². The van der Waals surface area contributed by atoms with Gasteiger partial charge in [-0.05, 0) is 43.4 Å². The van der Waals surface area contributed by atoms with E-state index < -0.39 is 5.91 Å². The molecule has 2 aromatic heterocycles. The lowest BCUT2D eigenvalue weighted by atomic mass is 9.96. The molecule has 2 heterocycles. The molecule has 1 amide bonds. The molecule has 0 bridgehead atoms. The van der Waals surface area contributed by atoms with Crippen molar-refractivity contribution >= 4 is 22.6 Å². The highest BCUT2D eigenvalue weighted by molar-refractivity contribution is 6.05. The molecule has 150 valence electrons. The Morgan fingerprint density at radius 2 is 1.87 bits per heavy atom. The Kier molecular flexibility index (Phi) is 4.63. The number of benzene rings is 2. The van der Waals surface area contributed by atoms with Gasteiger partial charge in [-0.1, -0.05) is 36.4 Å². The molecule has 4 aromatic rings. The summed E-state index contributed by atoms with van der Waals surface area (Å²) < 4.78 is 1.68. The zero-order valence-corrected chi connectivity index (χ0v) is 16.5. The first-order chi connectivity index (χ1) is 14.7. The molecular weight excluding hydrogens is 376 g/mol. The van der Waals surface area contributed by atoms with Gasteiger partial charge in [0, 0.05) is 17.5 Å². The summed E-state index contributed by atoms with van der Waals surface area (Å²) in [5.41, 5.74) is 10.2. The molecular formula is C23H22N6O. The highest BCUT2D eigenvalue weighted by Gasteiger charge is 2.20. The number of fused-ring (bicyclic) bond motifs is 2. The van der Waals surface area contributed by atoms with E-state index in [1.165, 1.54) is 11.1 Å². The number of amides is 1. The summed E-state index contributed by atoms with van der Waals surface area (Å²) in [5, 5.41) is 8.67. The number of hydrogen-bond acceptors (Lipinski definition) is 5. The average Bonchev–Trinajstić information content (AvgIpc) is 3.22. The number of primary amides is 1. The Balaban J connectivity index is 1.58. The first-order valence-electron chi connectivity index (χ1n) is 10.2. The van der Waals surface area contributed by atoms with E-state index in [0.717, 1.165) is 42.7 Å². The van der Waals surface area contributed by atoms with Crippen molar-refractivity contribution in [2.75, 3.05) is 5.32 Å². The van der Waals surface area contributed by atoms with Crippen molar-refractivity contribution < 1.29 is 4.79 Å². The smallest absolute Gasteiger partial charge is 0.253 e. The van der Waals surface area contributed by atoms with Crippen molar-refractivity contribution in [1.82, 2.24) is 19.7 Å². The van der Waals surface area contributed by atoms with Crippen molar-refractivity contribution in [2.45, 2.75) is 32.2 Å². The summed E-state index contributed by atoms with van der Waals surface area (Å²) in [6.07, 6.45) is 5.81. The zero-order chi connectivity index (χ0) is 20.5. The first-order valence-corrected chi connectivity index (χ1v) is 10.2. The number of carbonyl (C=O) groups excluding carboxylic acids is 1. The van der Waals surface area contributed by atoms with Crippen molar-refractivity contribution in [2.24, 2.45) is 5.73 Å². The van der Waals surface area contributed by atoms with Crippen LogP contribution in [0, 0.1) is 0 Å². The van der Waals surface area contributed by atoms with Crippen LogP contribution in [-0.4, -0.2) is 25.7 Å². The van der Waals surface area contributed by atoms with Crippen molar-refractivity contribution in [3.63, 3.8) is 0 Å². The molecule has 0 radical (unpaired) electrons. The fourth-order valence-electron chi connectivity index (χ4n) is 4.03. The van der Waals surface area contributed by atoms with Crippen LogP contribution in [0.4, 0.5) is 5.82 Å². The van der Waals surface area contributed by atoms with E-state index in [4.69, 9.17) is 15.7 Å². The maximum atomic E-state index is 11.8. The Morgan fingerprint density at radius 1 is 1.03 bits per heavy atom. The Bertz CT molecular complexity index is 1230. The van der Waals surface area contributed by atoms with E-state index in [1.807, 2.05) is 24.3 Å². The van der Waals surface area contributed by atoms with Crippen LogP contribution >= 0.6 is 0 Å². The normalized spacial score (nSPS) is 13.2. The van der Waals surface area contributed by atoms with Gasteiger partial charge in [0.05, 0.1) is 23.0 Å². The fourth-order valence-corrected chi connectivity index (χ4v) is 4.03. The summed E-state index contributed by atoms with van der Waals surface area (Å²) >= 11 is 0. The third-order valence-electron chi connectivity index (χ3n) is 5.54. The van der Waals surface area contributed by atoms with E-state index in [9.17, 15) is 4.79 Å². The van der Waals surface area contributed by atoms with Crippen LogP contribution in [0.1, 0.15) is 40.0 Å². The molecule has 7 heteroatoms. The molecule has 0 atom stereocenters. The van der Waals surface area contributed by atoms with Crippen molar-refractivity contribution in [3.8, 4) is 5.95 Å². The monoisotopic (exact) mass is 398 g/mol. The number of rotatable bonds is 5. The van der Waals surface area contributed by atoms with Crippen LogP contribution in [0.3, 0.4) is 0 Å². The molecule has 0 saturated heterocycles. The van der Waals surface area contributed by atoms with Crippen LogP contribution in [0.25, 0.3) is 16.9 Å². The summed E-state index contributed by atoms with van der Waals surface area (Å²) in [4.78, 5) is 21.4. The summed E-state index contributed by atoms with van der Waals surface area (Å²) in [7, 11) is 0. The van der Waals surface area contributed by atoms with Gasteiger partial charge in [-0.25, -0.2) is 4.98 Å². The second-order valence-electron chi connectivity index (χ2n) is 7.50. The van der Waals surface area contributed by atoms with Gasteiger partial charge < -0.3 is 11.1 Å². The van der Waals surface area contributed by atoms with Gasteiger partial charge in [0.25, 0.3) is 5.95 Å². The molecule has 30 heavy (non-hydrogen) atoms. The van der Waals surface area contributed by atoms with Crippen molar-refractivity contribution in [3.05, 3.63) is 77.1 Å². The molecule has 0 spiro atoms. The maximum absolute atomic E-state index is 11.8. The van der Waals surface area contributed by atoms with Gasteiger partial charge in [0.2, 0.25) is 5.91 Å². The van der Waals surface area contributed by atoms with Gasteiger partial charge in [-0.2, -0.15) is 14.8 Å². The maximum Gasteiger partial charge on any atom is 0.253 e. The van der Waals surface area contributed by atoms with Gasteiger partial charge in [0.15, 0.2) is 0 Å². The third kappa shape index (κ3) is 3.28. The van der Waals surface area contributed by atoms with E-state index in [-0.39, 0.29) is 0 Å². The number of nitrogens with zero attached hydrogens (tertiary/aromatic N) is 4. The molecule has 3 N–H and O–H groups in total. The molecule has 0 fully saturated rings. The number of hydrogen-bond donors (Lipinski definition) is 2. The molecule has 1 aliphatic carbocycles. The second-order valence-corrected chi connectivity index (χ2v) is 7.50. The largest absolute Gasteiger partial charge is 0.366 e. The second kappa shape index (κ2) is 7.59. The molecule has 7 nitrogen and oxygen atoms in total. The van der Waals surface area contributed by atoms with Gasteiger partial charge in [0.1, 0.15) is 5.82 Å². The summed E-state index contributed by atoms with van der Waals surface area (Å²) in [6, 6.07) is 15.7. The van der Waals surface area contributed by atoms with E-state index in [2.05, 4.69) is 22.5 Å². The number of aryl methyl sites for hydroxylation is 1. The summed E-state index contributed by atoms with van der Waals surface area (Å²) in [5.74, 6) is 0.882. The lowest BCUT2D eigenvalue weighted by Crippen LogP contribution is -2.16. The first kappa shape index (κ1) is 18.3. The molecule has 0 saturated carbocycles. The van der Waals surface area contributed by atoms with Gasteiger partial charge in [-0.15, -0.1) is 0 Å². The van der Waals surface area contributed by atoms with Gasteiger partial charge in [-0.3, -0.25) is 4.79 Å². The van der Waals surface area contributed by atoms with E-state index >= 15 is 0 Å². The molecule has 2 aromatic carbocycles. The highest BCUT2D eigenvalue weighted by atomic mass is 16.1. The molecule has 1 aliphatic rings. The lowest BCUT2D eigenvalue weighted by molar-refractivity contribution is 0.100. The van der Waals surface area contributed by atoms with Crippen LogP contribution in [0.15, 0.2) is 54.7 Å². The number of aromatic nitrogens is 4. The number of nitrogens with two attached hydrogens (primary N) is 1. The number of anilines is 1. The standard InChI is InChI=1S/C23H22N6O/c24-21(30)16-10-6-12-20-18(16)14-26-29(20)23-27-19-11-5-4-9-17(19)22(28-23)25-13-15-7-2-1-3-8-15/h1-3,6-8,10,12,14H,4-5,9,11,13H2,(H2,24,30)(H,25,27,28). The predicted octanol–water partition coefficient (Wildman–Crippen LogP) is 3.41. The van der Waals surface area contributed by atoms with Gasteiger partial charge >= 0.3 is 0 Å². The Labute approximate surface area is 174 Å². The topological polar surface area (TPSA) is 98.7 Å². The van der Waals surface area contributed by atoms with E-state index in [1.54, 1.807) is 23.0 Å². The minimum atomic E-state index is -0.475. The quantitative estimate of drug-likeness (QED) is 0.537. The highest BCUT2D eigenvalue weighted by Crippen LogP contribution is 2.28. The lowest BCUT2D eigenvalue weighted by Gasteiger charge is -2.20. The molecule has 0 aliphatic heterocycles. The zero-order valence-electron chi connectivity index (χ0n) is 16.5. The summed E-state index contributed by atoms with van der Waals surface area (Å²) in [6.45, 7) is 0.690. The Hall–Kier alpha value is -3.74. The predicted molar refractivity (Wildman–Crippen MR) is 116 cm³/mol. The minimum absolute atomic E-state index is 0.444. The van der Waals surface area contributed by atoms with Crippen molar-refractivity contribution in [1.29, 1.82) is 0 Å². The average molecular weight is 398 g/mol. The third-order valence-corrected chi connectivity index (χ3v) is 5.54. The fraction of sp³-hybridized carbons (Fsp3) is 0.217. The minimum Gasteiger partial charge on any atom is -0.366 e. The number of nitrogens with one attached hydrogen (secondary N) is 1. The van der Waals surface area contributed by atoms with Crippen LogP contribution in [-0.2, 0) is 19.4 Å². The van der Waals surface area contributed by atoms with Crippen LogP contribution < -0.4 is 11.1 Å².